The first-order chi connectivity index (χ1) is 11.2. The van der Waals surface area contributed by atoms with E-state index in [0.29, 0.717) is 17.2 Å². The summed E-state index contributed by atoms with van der Waals surface area (Å²) in [6, 6.07) is 20.6. The molecule has 0 amide bonds. The molecular formula is C19H12NNaO3. The Bertz CT molecular complexity index is 910. The van der Waals surface area contributed by atoms with E-state index in [0.717, 1.165) is 16.8 Å². The average molecular weight is 325 g/mol. The number of nitrogens with one attached hydrogen (secondary N) is 1. The van der Waals surface area contributed by atoms with Crippen LogP contribution in [0.15, 0.2) is 66.7 Å². The second kappa shape index (κ2) is 6.69. The summed E-state index contributed by atoms with van der Waals surface area (Å²) in [7, 11) is 0. The number of carboxylic acids is 1. The third kappa shape index (κ3) is 2.91. The fourth-order valence-corrected chi connectivity index (χ4v) is 2.70. The monoisotopic (exact) mass is 325 g/mol. The molecule has 0 spiro atoms. The van der Waals surface area contributed by atoms with E-state index in [-0.39, 0.29) is 35.1 Å². The van der Waals surface area contributed by atoms with Crippen molar-refractivity contribution in [2.75, 3.05) is 5.32 Å². The van der Waals surface area contributed by atoms with Crippen LogP contribution in [0.1, 0.15) is 10.4 Å². The van der Waals surface area contributed by atoms with E-state index < -0.39 is 5.97 Å². The molecule has 0 aromatic heterocycles. The average Bonchev–Trinajstić information content (AvgIpc) is 2.59. The first kappa shape index (κ1) is 16.6. The molecule has 0 atom stereocenters. The van der Waals surface area contributed by atoms with E-state index in [1.165, 1.54) is 6.07 Å². The van der Waals surface area contributed by atoms with Crippen LogP contribution in [0.2, 0.25) is 0 Å². The van der Waals surface area contributed by atoms with E-state index in [2.05, 4.69) is 5.32 Å². The second-order valence-corrected chi connectivity index (χ2v) is 5.27. The molecule has 4 rings (SSSR count). The van der Waals surface area contributed by atoms with Gasteiger partial charge in [-0.3, -0.25) is 0 Å². The van der Waals surface area contributed by atoms with Crippen molar-refractivity contribution in [3.8, 4) is 22.6 Å². The molecule has 4 nitrogen and oxygen atoms in total. The van der Waals surface area contributed by atoms with Gasteiger partial charge in [0, 0.05) is 5.56 Å². The van der Waals surface area contributed by atoms with Gasteiger partial charge >= 0.3 is 29.6 Å². The molecule has 3 aromatic carbocycles. The molecule has 1 aliphatic heterocycles. The van der Waals surface area contributed by atoms with Gasteiger partial charge in [0.15, 0.2) is 11.5 Å². The number of benzene rings is 3. The van der Waals surface area contributed by atoms with Crippen LogP contribution in [0.25, 0.3) is 11.1 Å². The van der Waals surface area contributed by atoms with Crippen LogP contribution in [-0.4, -0.2) is 5.97 Å². The van der Waals surface area contributed by atoms with Gasteiger partial charge < -0.3 is 20.0 Å². The van der Waals surface area contributed by atoms with Gasteiger partial charge in [0.25, 0.3) is 0 Å². The summed E-state index contributed by atoms with van der Waals surface area (Å²) >= 11 is 0. The summed E-state index contributed by atoms with van der Waals surface area (Å²) in [6.45, 7) is 0. The molecule has 1 N–H and O–H groups in total. The summed E-state index contributed by atoms with van der Waals surface area (Å²) in [5.41, 5.74) is 3.34. The minimum atomic E-state index is -1.24. The van der Waals surface area contributed by atoms with Gasteiger partial charge in [0.1, 0.15) is 0 Å². The Morgan fingerprint density at radius 3 is 2.42 bits per heavy atom. The molecule has 1 aliphatic rings. The smallest absolute Gasteiger partial charge is 0.545 e. The van der Waals surface area contributed by atoms with Crippen LogP contribution in [-0.2, 0) is 0 Å². The molecule has 0 bridgehead atoms. The number of para-hydroxylation sites is 1. The van der Waals surface area contributed by atoms with Gasteiger partial charge in [-0.1, -0.05) is 48.5 Å². The molecule has 24 heavy (non-hydrogen) atoms. The van der Waals surface area contributed by atoms with E-state index in [9.17, 15) is 9.90 Å². The van der Waals surface area contributed by atoms with Crippen LogP contribution in [0, 0.1) is 0 Å². The van der Waals surface area contributed by atoms with Crippen molar-refractivity contribution >= 4 is 17.3 Å². The van der Waals surface area contributed by atoms with Crippen molar-refractivity contribution in [3.05, 3.63) is 72.3 Å². The Kier molecular flexibility index (Phi) is 4.62. The first-order valence-corrected chi connectivity index (χ1v) is 7.21. The molecule has 1 heterocycles. The number of aromatic carboxylic acids is 1. The second-order valence-electron chi connectivity index (χ2n) is 5.27. The van der Waals surface area contributed by atoms with Crippen molar-refractivity contribution in [1.29, 1.82) is 0 Å². The van der Waals surface area contributed by atoms with Crippen molar-refractivity contribution in [1.82, 2.24) is 0 Å². The van der Waals surface area contributed by atoms with Crippen LogP contribution >= 0.6 is 0 Å². The van der Waals surface area contributed by atoms with Gasteiger partial charge in [0.05, 0.1) is 17.3 Å². The van der Waals surface area contributed by atoms with Crippen LogP contribution in [0.4, 0.5) is 11.4 Å². The molecule has 0 unspecified atom stereocenters. The quantitative estimate of drug-likeness (QED) is 0.548. The standard InChI is InChI=1S/C19H13NO3.Na/c21-19(22)14-7-4-8-17-18(14)20-15-11-13(9-10-16(15)23-17)12-5-2-1-3-6-12;/h1-11,20H,(H,21,22);/q;+1/p-1. The van der Waals surface area contributed by atoms with E-state index in [1.54, 1.807) is 12.1 Å². The number of rotatable bonds is 2. The summed E-state index contributed by atoms with van der Waals surface area (Å²) in [6.07, 6.45) is 0. The summed E-state index contributed by atoms with van der Waals surface area (Å²) in [5, 5.41) is 14.4. The number of hydrogen-bond acceptors (Lipinski definition) is 4. The summed E-state index contributed by atoms with van der Waals surface area (Å²) < 4.78 is 5.81. The maximum atomic E-state index is 11.3. The minimum absolute atomic E-state index is 0. The molecule has 5 heteroatoms. The third-order valence-electron chi connectivity index (χ3n) is 3.81. The van der Waals surface area contributed by atoms with Gasteiger partial charge in [-0.25, -0.2) is 0 Å². The Balaban J connectivity index is 0.00000169. The van der Waals surface area contributed by atoms with Crippen molar-refractivity contribution in [3.63, 3.8) is 0 Å². The fraction of sp³-hybridized carbons (Fsp3) is 0. The first-order valence-electron chi connectivity index (χ1n) is 7.21. The number of carbonyl (C=O) groups is 1. The molecule has 0 fully saturated rings. The molecule has 0 saturated carbocycles. The molecular weight excluding hydrogens is 313 g/mol. The summed E-state index contributed by atoms with van der Waals surface area (Å²) in [5.74, 6) is -0.0973. The Hall–Kier alpha value is -2.27. The largest absolute Gasteiger partial charge is 1.00 e. The van der Waals surface area contributed by atoms with Crippen LogP contribution in [0.5, 0.6) is 11.5 Å². The number of hydrogen-bond donors (Lipinski definition) is 1. The van der Waals surface area contributed by atoms with Crippen molar-refractivity contribution in [2.45, 2.75) is 0 Å². The zero-order chi connectivity index (χ0) is 15.8. The number of anilines is 2. The maximum absolute atomic E-state index is 11.3. The van der Waals surface area contributed by atoms with Crippen molar-refractivity contribution < 1.29 is 44.2 Å². The van der Waals surface area contributed by atoms with Gasteiger partial charge in [-0.05, 0) is 29.3 Å². The Morgan fingerprint density at radius 2 is 1.67 bits per heavy atom. The molecule has 0 radical (unpaired) electrons. The van der Waals surface area contributed by atoms with Crippen molar-refractivity contribution in [2.24, 2.45) is 0 Å². The molecule has 3 aromatic rings. The van der Waals surface area contributed by atoms with Gasteiger partial charge in [-0.2, -0.15) is 0 Å². The Morgan fingerprint density at radius 1 is 0.875 bits per heavy atom. The van der Waals surface area contributed by atoms with E-state index >= 15 is 0 Å². The topological polar surface area (TPSA) is 61.4 Å². The maximum Gasteiger partial charge on any atom is 1.00 e. The zero-order valence-corrected chi connectivity index (χ0v) is 15.1. The Labute approximate surface area is 161 Å². The van der Waals surface area contributed by atoms with Crippen LogP contribution in [0.3, 0.4) is 0 Å². The minimum Gasteiger partial charge on any atom is -0.545 e. The van der Waals surface area contributed by atoms with Gasteiger partial charge in [-0.15, -0.1) is 0 Å². The number of carboxylic acid groups (broad SMARTS) is 1. The summed E-state index contributed by atoms with van der Waals surface area (Å²) in [4.78, 5) is 11.3. The van der Waals surface area contributed by atoms with Gasteiger partial charge in [0.2, 0.25) is 0 Å². The molecule has 0 aliphatic carbocycles. The molecule has 0 saturated heterocycles. The predicted octanol–water partition coefficient (Wildman–Crippen LogP) is 0.570. The number of fused-ring (bicyclic) bond motifs is 2. The number of carbonyl (C=O) groups excluding carboxylic acids is 1. The number of ether oxygens (including phenoxy) is 1. The van der Waals surface area contributed by atoms with E-state index in [4.69, 9.17) is 4.74 Å². The predicted molar refractivity (Wildman–Crippen MR) is 86.0 cm³/mol. The normalized spacial score (nSPS) is 11.2. The van der Waals surface area contributed by atoms with E-state index in [1.807, 2.05) is 48.5 Å². The molecule has 112 valence electrons. The van der Waals surface area contributed by atoms with Crippen LogP contribution < -0.4 is 44.7 Å². The SMILES string of the molecule is O=C([O-])c1cccc2c1Nc1cc(-c3ccccc3)ccc1O2.[Na+]. The fourth-order valence-electron chi connectivity index (χ4n) is 2.70. The zero-order valence-electron chi connectivity index (χ0n) is 13.1. The third-order valence-corrected chi connectivity index (χ3v) is 3.81.